The highest BCUT2D eigenvalue weighted by atomic mass is 35.5. The van der Waals surface area contributed by atoms with E-state index in [2.05, 4.69) is 0 Å². The van der Waals surface area contributed by atoms with Crippen molar-refractivity contribution in [1.29, 1.82) is 5.41 Å². The van der Waals surface area contributed by atoms with Gasteiger partial charge in [0.05, 0.1) is 5.02 Å². The highest BCUT2D eigenvalue weighted by molar-refractivity contribution is 6.32. The first-order chi connectivity index (χ1) is 9.08. The summed E-state index contributed by atoms with van der Waals surface area (Å²) in [5.41, 5.74) is 8.26. The number of amidine groups is 1. The normalized spacial score (nSPS) is 10.2. The molecule has 2 aromatic carbocycles. The molecule has 0 fully saturated rings. The van der Waals surface area contributed by atoms with Crippen LogP contribution in [0, 0.1) is 12.3 Å². The molecule has 0 aromatic heterocycles. The summed E-state index contributed by atoms with van der Waals surface area (Å²) in [7, 11) is 0. The summed E-state index contributed by atoms with van der Waals surface area (Å²) >= 11 is 6.03. The molecule has 0 amide bonds. The van der Waals surface area contributed by atoms with E-state index in [0.29, 0.717) is 17.4 Å². The van der Waals surface area contributed by atoms with Gasteiger partial charge in [-0.2, -0.15) is 0 Å². The zero-order valence-corrected chi connectivity index (χ0v) is 11.4. The van der Waals surface area contributed by atoms with Gasteiger partial charge in [-0.1, -0.05) is 35.9 Å². The lowest BCUT2D eigenvalue weighted by Crippen LogP contribution is -2.11. The number of benzene rings is 2. The average molecular weight is 275 g/mol. The van der Waals surface area contributed by atoms with E-state index in [1.54, 1.807) is 6.07 Å². The summed E-state index contributed by atoms with van der Waals surface area (Å²) < 4.78 is 5.69. The number of nitrogens with two attached hydrogens (primary N) is 1. The molecule has 2 aromatic rings. The molecule has 0 saturated carbocycles. The predicted octanol–water partition coefficient (Wildman–Crippen LogP) is 3.51. The Kier molecular flexibility index (Phi) is 4.07. The largest absolute Gasteiger partial charge is 0.487 e. The first kappa shape index (κ1) is 13.4. The monoisotopic (exact) mass is 274 g/mol. The minimum absolute atomic E-state index is 0.0710. The molecule has 19 heavy (non-hydrogen) atoms. The van der Waals surface area contributed by atoms with Crippen molar-refractivity contribution in [3.8, 4) is 5.75 Å². The second-order valence-electron chi connectivity index (χ2n) is 4.27. The second kappa shape index (κ2) is 5.76. The van der Waals surface area contributed by atoms with Crippen molar-refractivity contribution in [3.05, 3.63) is 64.2 Å². The lowest BCUT2D eigenvalue weighted by atomic mass is 10.1. The smallest absolute Gasteiger partial charge is 0.138 e. The first-order valence-electron chi connectivity index (χ1n) is 5.89. The predicted molar refractivity (Wildman–Crippen MR) is 78.0 cm³/mol. The Labute approximate surface area is 117 Å². The highest BCUT2D eigenvalue weighted by Crippen LogP contribution is 2.24. The molecule has 2 rings (SSSR count). The third-order valence-electron chi connectivity index (χ3n) is 2.87. The summed E-state index contributed by atoms with van der Waals surface area (Å²) in [5, 5.41) is 7.99. The van der Waals surface area contributed by atoms with Gasteiger partial charge in [0.25, 0.3) is 0 Å². The molecule has 4 heteroatoms. The van der Waals surface area contributed by atoms with E-state index in [-0.39, 0.29) is 5.84 Å². The van der Waals surface area contributed by atoms with Crippen molar-refractivity contribution in [1.82, 2.24) is 0 Å². The van der Waals surface area contributed by atoms with Crippen molar-refractivity contribution in [3.63, 3.8) is 0 Å². The number of nitrogens with one attached hydrogen (secondary N) is 1. The molecular weight excluding hydrogens is 260 g/mol. The molecular formula is C15H15ClN2O. The Bertz CT molecular complexity index is 611. The van der Waals surface area contributed by atoms with E-state index in [0.717, 1.165) is 16.7 Å². The summed E-state index contributed by atoms with van der Waals surface area (Å²) in [6, 6.07) is 13.0. The molecule has 3 nitrogen and oxygen atoms in total. The number of ether oxygens (including phenoxy) is 1. The molecule has 0 heterocycles. The first-order valence-corrected chi connectivity index (χ1v) is 6.27. The van der Waals surface area contributed by atoms with Crippen molar-refractivity contribution < 1.29 is 4.74 Å². The number of rotatable bonds is 4. The minimum Gasteiger partial charge on any atom is -0.487 e. The number of aryl methyl sites for hydroxylation is 1. The van der Waals surface area contributed by atoms with E-state index < -0.39 is 0 Å². The van der Waals surface area contributed by atoms with Gasteiger partial charge in [-0.15, -0.1) is 0 Å². The average Bonchev–Trinajstić information content (AvgIpc) is 2.39. The van der Waals surface area contributed by atoms with Crippen LogP contribution in [0.2, 0.25) is 5.02 Å². The van der Waals surface area contributed by atoms with Crippen LogP contribution >= 0.6 is 11.6 Å². The van der Waals surface area contributed by atoms with E-state index in [9.17, 15) is 0 Å². The molecule has 0 radical (unpaired) electrons. The van der Waals surface area contributed by atoms with Crippen molar-refractivity contribution in [2.24, 2.45) is 5.73 Å². The quantitative estimate of drug-likeness (QED) is 0.662. The summed E-state index contributed by atoms with van der Waals surface area (Å²) in [4.78, 5) is 0. The molecule has 0 aliphatic carbocycles. The molecule has 3 N–H and O–H groups in total. The number of para-hydroxylation sites is 1. The molecule has 0 unspecified atom stereocenters. The zero-order chi connectivity index (χ0) is 13.8. The second-order valence-corrected chi connectivity index (χ2v) is 4.68. The third-order valence-corrected chi connectivity index (χ3v) is 3.19. The maximum atomic E-state index is 7.40. The Hall–Kier alpha value is -2.00. The van der Waals surface area contributed by atoms with Gasteiger partial charge in [0.1, 0.15) is 18.2 Å². The van der Waals surface area contributed by atoms with Crippen molar-refractivity contribution >= 4 is 17.4 Å². The van der Waals surface area contributed by atoms with Gasteiger partial charge < -0.3 is 10.5 Å². The van der Waals surface area contributed by atoms with Crippen LogP contribution in [0.1, 0.15) is 16.7 Å². The van der Waals surface area contributed by atoms with Crippen molar-refractivity contribution in [2.45, 2.75) is 13.5 Å². The van der Waals surface area contributed by atoms with Gasteiger partial charge in [0.2, 0.25) is 0 Å². The van der Waals surface area contributed by atoms with Gasteiger partial charge in [0.15, 0.2) is 0 Å². The van der Waals surface area contributed by atoms with Gasteiger partial charge in [-0.3, -0.25) is 5.41 Å². The Balaban J connectivity index is 2.12. The number of hydrogen-bond donors (Lipinski definition) is 2. The molecule has 0 aliphatic rings. The SMILES string of the molecule is Cc1cc(C(=N)N)ccc1COc1ccccc1Cl. The van der Waals surface area contributed by atoms with E-state index >= 15 is 0 Å². The van der Waals surface area contributed by atoms with Crippen LogP contribution in [0.3, 0.4) is 0 Å². The van der Waals surface area contributed by atoms with Gasteiger partial charge in [0, 0.05) is 5.56 Å². The van der Waals surface area contributed by atoms with E-state index in [4.69, 9.17) is 27.5 Å². The van der Waals surface area contributed by atoms with Crippen LogP contribution in [0.5, 0.6) is 5.75 Å². The van der Waals surface area contributed by atoms with Crippen LogP contribution in [0.4, 0.5) is 0 Å². The summed E-state index contributed by atoms with van der Waals surface area (Å²) in [5.74, 6) is 0.737. The van der Waals surface area contributed by atoms with Crippen molar-refractivity contribution in [2.75, 3.05) is 0 Å². The van der Waals surface area contributed by atoms with E-state index in [1.165, 1.54) is 0 Å². The minimum atomic E-state index is 0.0710. The van der Waals surface area contributed by atoms with E-state index in [1.807, 2.05) is 43.3 Å². The fourth-order valence-electron chi connectivity index (χ4n) is 1.74. The number of nitrogen functional groups attached to an aromatic ring is 1. The van der Waals surface area contributed by atoms with Crippen LogP contribution in [0.25, 0.3) is 0 Å². The maximum Gasteiger partial charge on any atom is 0.138 e. The number of halogens is 1. The molecule has 98 valence electrons. The molecule has 0 saturated heterocycles. The Morgan fingerprint density at radius 2 is 2.00 bits per heavy atom. The molecule has 0 bridgehead atoms. The standard InChI is InChI=1S/C15H15ClN2O/c1-10-8-11(15(17)18)6-7-12(10)9-19-14-5-3-2-4-13(14)16/h2-8H,9H2,1H3,(H3,17,18). The zero-order valence-electron chi connectivity index (χ0n) is 10.6. The summed E-state index contributed by atoms with van der Waals surface area (Å²) in [6.45, 7) is 2.41. The molecule has 0 spiro atoms. The molecule has 0 aliphatic heterocycles. The Morgan fingerprint density at radius 3 is 2.63 bits per heavy atom. The fraction of sp³-hybridized carbons (Fsp3) is 0.133. The van der Waals surface area contributed by atoms with Crippen LogP contribution in [-0.2, 0) is 6.61 Å². The highest BCUT2D eigenvalue weighted by Gasteiger charge is 2.05. The third kappa shape index (κ3) is 3.26. The van der Waals surface area contributed by atoms with Crippen LogP contribution in [0.15, 0.2) is 42.5 Å². The number of hydrogen-bond acceptors (Lipinski definition) is 2. The molecule has 0 atom stereocenters. The topological polar surface area (TPSA) is 59.1 Å². The van der Waals surface area contributed by atoms with Gasteiger partial charge in [-0.25, -0.2) is 0 Å². The van der Waals surface area contributed by atoms with Crippen LogP contribution in [-0.4, -0.2) is 5.84 Å². The van der Waals surface area contributed by atoms with Gasteiger partial charge >= 0.3 is 0 Å². The summed E-state index contributed by atoms with van der Waals surface area (Å²) in [6.07, 6.45) is 0. The lowest BCUT2D eigenvalue weighted by Gasteiger charge is -2.11. The lowest BCUT2D eigenvalue weighted by molar-refractivity contribution is 0.305. The van der Waals surface area contributed by atoms with Crippen LogP contribution < -0.4 is 10.5 Å². The van der Waals surface area contributed by atoms with Gasteiger partial charge in [-0.05, 0) is 36.2 Å². The fourth-order valence-corrected chi connectivity index (χ4v) is 1.93. The Morgan fingerprint density at radius 1 is 1.26 bits per heavy atom. The maximum absolute atomic E-state index is 7.40.